The molecule has 0 fully saturated rings. The van der Waals surface area contributed by atoms with Gasteiger partial charge < -0.3 is 10.2 Å². The normalized spacial score (nSPS) is 14.5. The van der Waals surface area contributed by atoms with Crippen molar-refractivity contribution in [3.05, 3.63) is 30.0 Å². The third kappa shape index (κ3) is 3.34. The molecule has 6 heteroatoms. The Morgan fingerprint density at radius 3 is 3.00 bits per heavy atom. The van der Waals surface area contributed by atoms with Crippen LogP contribution in [0.4, 0.5) is 0 Å². The van der Waals surface area contributed by atoms with Crippen molar-refractivity contribution in [3.8, 4) is 0 Å². The van der Waals surface area contributed by atoms with E-state index in [2.05, 4.69) is 10.2 Å². The molecular formula is C13H16N2O3S. The van der Waals surface area contributed by atoms with Gasteiger partial charge in [0, 0.05) is 18.1 Å². The van der Waals surface area contributed by atoms with Gasteiger partial charge in [0.25, 0.3) is 0 Å². The van der Waals surface area contributed by atoms with Crippen molar-refractivity contribution in [1.29, 1.82) is 0 Å². The van der Waals surface area contributed by atoms with Crippen LogP contribution in [0.3, 0.4) is 0 Å². The van der Waals surface area contributed by atoms with Gasteiger partial charge in [0.2, 0.25) is 0 Å². The van der Waals surface area contributed by atoms with Gasteiger partial charge in [-0.1, -0.05) is 23.9 Å². The zero-order valence-corrected chi connectivity index (χ0v) is 11.4. The number of aromatic nitrogens is 2. The highest BCUT2D eigenvalue weighted by Gasteiger charge is 2.20. The lowest BCUT2D eigenvalue weighted by Crippen LogP contribution is -2.19. The number of aliphatic hydroxyl groups excluding tert-OH is 2. The van der Waals surface area contributed by atoms with E-state index in [9.17, 15) is 15.0 Å². The number of carbonyl (C=O) groups excluding carboxylic acids is 1. The molecule has 0 amide bonds. The Labute approximate surface area is 115 Å². The number of hydrogen-bond acceptors (Lipinski definition) is 5. The molecular weight excluding hydrogens is 264 g/mol. The summed E-state index contributed by atoms with van der Waals surface area (Å²) in [4.78, 5) is 10.8. The first-order chi connectivity index (χ1) is 9.09. The van der Waals surface area contributed by atoms with Gasteiger partial charge in [0.05, 0.1) is 17.8 Å². The number of carbonyl (C=O) groups is 1. The summed E-state index contributed by atoms with van der Waals surface area (Å²) in [6.07, 6.45) is 0.117. The van der Waals surface area contributed by atoms with Gasteiger partial charge in [0.1, 0.15) is 6.10 Å². The van der Waals surface area contributed by atoms with Gasteiger partial charge in [-0.25, -0.2) is 0 Å². The van der Waals surface area contributed by atoms with Gasteiger partial charge >= 0.3 is 0 Å². The van der Waals surface area contributed by atoms with Crippen molar-refractivity contribution < 1.29 is 15.0 Å². The second-order valence-electron chi connectivity index (χ2n) is 4.32. The van der Waals surface area contributed by atoms with Crippen molar-refractivity contribution in [2.45, 2.75) is 25.6 Å². The van der Waals surface area contributed by atoms with Crippen molar-refractivity contribution in [1.82, 2.24) is 10.2 Å². The van der Waals surface area contributed by atoms with Crippen LogP contribution in [0.5, 0.6) is 0 Å². The Bertz CT molecular complexity index is 570. The zero-order chi connectivity index (χ0) is 13.8. The molecule has 102 valence electrons. The van der Waals surface area contributed by atoms with Crippen molar-refractivity contribution in [2.75, 3.05) is 5.75 Å². The first-order valence-corrected chi connectivity index (χ1v) is 6.99. The average molecular weight is 280 g/mol. The van der Waals surface area contributed by atoms with E-state index in [1.807, 2.05) is 6.07 Å². The lowest BCUT2D eigenvalue weighted by Gasteiger charge is -2.18. The first kappa shape index (κ1) is 14.0. The fourth-order valence-corrected chi connectivity index (χ4v) is 2.58. The first-order valence-electron chi connectivity index (χ1n) is 6.01. The SMILES string of the molecule is CC(=O)SCCC(O)C(O)c1cccc2[nH]ncc12. The Morgan fingerprint density at radius 1 is 1.47 bits per heavy atom. The van der Waals surface area contributed by atoms with Gasteiger partial charge in [-0.05, 0) is 18.1 Å². The summed E-state index contributed by atoms with van der Waals surface area (Å²) in [5, 5.41) is 27.7. The topological polar surface area (TPSA) is 86.2 Å². The molecule has 0 aliphatic carbocycles. The van der Waals surface area contributed by atoms with E-state index < -0.39 is 12.2 Å². The van der Waals surface area contributed by atoms with Crippen molar-refractivity contribution in [3.63, 3.8) is 0 Å². The molecule has 1 aromatic carbocycles. The van der Waals surface area contributed by atoms with Crippen LogP contribution in [-0.2, 0) is 4.79 Å². The van der Waals surface area contributed by atoms with Crippen LogP contribution in [0.25, 0.3) is 10.9 Å². The number of thioether (sulfide) groups is 1. The molecule has 1 aromatic heterocycles. The standard InChI is InChI=1S/C13H16N2O3S/c1-8(16)19-6-5-12(17)13(18)9-3-2-4-11-10(9)7-14-15-11/h2-4,7,12-13,17-18H,5-6H2,1H3,(H,14,15). The minimum Gasteiger partial charge on any atom is -0.390 e. The molecule has 0 saturated carbocycles. The Balaban J connectivity index is 2.08. The predicted molar refractivity (Wildman–Crippen MR) is 74.8 cm³/mol. The van der Waals surface area contributed by atoms with Crippen LogP contribution < -0.4 is 0 Å². The van der Waals surface area contributed by atoms with Crippen LogP contribution in [0.15, 0.2) is 24.4 Å². The number of benzene rings is 1. The van der Waals surface area contributed by atoms with E-state index in [1.165, 1.54) is 6.92 Å². The third-order valence-corrected chi connectivity index (χ3v) is 3.77. The molecule has 19 heavy (non-hydrogen) atoms. The lowest BCUT2D eigenvalue weighted by atomic mass is 9.99. The summed E-state index contributed by atoms with van der Waals surface area (Å²) in [5.74, 6) is 0.495. The van der Waals surface area contributed by atoms with Crippen LogP contribution in [0.1, 0.15) is 25.0 Å². The highest BCUT2D eigenvalue weighted by Crippen LogP contribution is 2.26. The summed E-state index contributed by atoms with van der Waals surface area (Å²) in [7, 11) is 0. The molecule has 2 atom stereocenters. The monoisotopic (exact) mass is 280 g/mol. The third-order valence-electron chi connectivity index (χ3n) is 2.92. The number of aliphatic hydroxyl groups is 2. The van der Waals surface area contributed by atoms with Gasteiger partial charge in [-0.15, -0.1) is 0 Å². The molecule has 0 spiro atoms. The zero-order valence-electron chi connectivity index (χ0n) is 10.5. The quantitative estimate of drug-likeness (QED) is 0.775. The van der Waals surface area contributed by atoms with Crippen LogP contribution >= 0.6 is 11.8 Å². The van der Waals surface area contributed by atoms with Crippen LogP contribution in [-0.4, -0.2) is 37.4 Å². The second-order valence-corrected chi connectivity index (χ2v) is 5.59. The number of aromatic amines is 1. The number of H-pyrrole nitrogens is 1. The highest BCUT2D eigenvalue weighted by atomic mass is 32.2. The number of nitrogens with zero attached hydrogens (tertiary/aromatic N) is 1. The van der Waals surface area contributed by atoms with Crippen LogP contribution in [0.2, 0.25) is 0 Å². The minimum atomic E-state index is -0.978. The Morgan fingerprint density at radius 2 is 2.26 bits per heavy atom. The van der Waals surface area contributed by atoms with E-state index in [4.69, 9.17) is 0 Å². The number of fused-ring (bicyclic) bond motifs is 1. The van der Waals surface area contributed by atoms with Gasteiger partial charge in [-0.3, -0.25) is 9.89 Å². The smallest absolute Gasteiger partial charge is 0.185 e. The molecule has 1 heterocycles. The minimum absolute atomic E-state index is 0.0126. The van der Waals surface area contributed by atoms with Gasteiger partial charge in [-0.2, -0.15) is 5.10 Å². The molecule has 0 radical (unpaired) electrons. The Kier molecular flexibility index (Phi) is 4.57. The highest BCUT2D eigenvalue weighted by molar-refractivity contribution is 8.13. The summed E-state index contributed by atoms with van der Waals surface area (Å²) in [5.41, 5.74) is 1.47. The number of nitrogens with one attached hydrogen (secondary N) is 1. The maximum Gasteiger partial charge on any atom is 0.185 e. The van der Waals surface area contributed by atoms with Crippen LogP contribution in [0, 0.1) is 0 Å². The summed E-state index contributed by atoms with van der Waals surface area (Å²) in [6.45, 7) is 1.49. The summed E-state index contributed by atoms with van der Waals surface area (Å²) in [6, 6.07) is 5.43. The molecule has 3 N–H and O–H groups in total. The molecule has 2 aromatic rings. The fourth-order valence-electron chi connectivity index (χ4n) is 1.94. The number of hydrogen-bond donors (Lipinski definition) is 3. The van der Waals surface area contributed by atoms with Gasteiger partial charge in [0.15, 0.2) is 5.12 Å². The van der Waals surface area contributed by atoms with E-state index in [0.717, 1.165) is 22.7 Å². The lowest BCUT2D eigenvalue weighted by molar-refractivity contribution is -0.109. The van der Waals surface area contributed by atoms with E-state index >= 15 is 0 Å². The van der Waals surface area contributed by atoms with E-state index in [0.29, 0.717) is 17.7 Å². The number of rotatable bonds is 5. The fraction of sp³-hybridized carbons (Fsp3) is 0.385. The summed E-state index contributed by atoms with van der Waals surface area (Å²) >= 11 is 1.15. The molecule has 0 bridgehead atoms. The maximum atomic E-state index is 10.8. The second kappa shape index (κ2) is 6.18. The average Bonchev–Trinajstić information content (AvgIpc) is 2.85. The van der Waals surface area contributed by atoms with E-state index in [-0.39, 0.29) is 5.12 Å². The molecule has 0 aliphatic heterocycles. The molecule has 5 nitrogen and oxygen atoms in total. The molecule has 0 aliphatic rings. The van der Waals surface area contributed by atoms with E-state index in [1.54, 1.807) is 18.3 Å². The van der Waals surface area contributed by atoms with Crippen molar-refractivity contribution >= 4 is 27.8 Å². The predicted octanol–water partition coefficient (Wildman–Crippen LogP) is 1.63. The largest absolute Gasteiger partial charge is 0.390 e. The molecule has 2 unspecified atom stereocenters. The maximum absolute atomic E-state index is 10.8. The Hall–Kier alpha value is -1.37. The van der Waals surface area contributed by atoms with Crippen molar-refractivity contribution in [2.24, 2.45) is 0 Å². The molecule has 0 saturated heterocycles. The molecule has 2 rings (SSSR count). The summed E-state index contributed by atoms with van der Waals surface area (Å²) < 4.78 is 0.